The third kappa shape index (κ3) is 4.51. The molecule has 140 valence electrons. The van der Waals surface area contributed by atoms with Crippen molar-refractivity contribution in [3.63, 3.8) is 0 Å². The normalized spacial score (nSPS) is 11.9. The zero-order valence-electron chi connectivity index (χ0n) is 15.2. The first-order valence-electron chi connectivity index (χ1n) is 8.23. The van der Waals surface area contributed by atoms with Crippen molar-refractivity contribution in [2.45, 2.75) is 6.54 Å². The minimum absolute atomic E-state index is 0.412. The van der Waals surface area contributed by atoms with Crippen LogP contribution in [0, 0.1) is 0 Å². The number of nitrogens with two attached hydrogens (primary N) is 3. The van der Waals surface area contributed by atoms with Gasteiger partial charge in [-0.1, -0.05) is 6.58 Å². The van der Waals surface area contributed by atoms with Crippen LogP contribution >= 0.6 is 0 Å². The number of primary amides is 1. The van der Waals surface area contributed by atoms with Crippen LogP contribution in [0.5, 0.6) is 0 Å². The largest absolute Gasteiger partial charge is 0.370 e. The fraction of sp³-hybridized carbons (Fsp3) is 0.353. The Bertz CT molecular complexity index is 826. The summed E-state index contributed by atoms with van der Waals surface area (Å²) < 4.78 is 1.92. The fourth-order valence-corrected chi connectivity index (χ4v) is 2.55. The summed E-state index contributed by atoms with van der Waals surface area (Å²) in [5, 5.41) is 0. The molecule has 6 N–H and O–H groups in total. The van der Waals surface area contributed by atoms with E-state index < -0.39 is 5.91 Å². The molecule has 0 bridgehead atoms. The van der Waals surface area contributed by atoms with E-state index in [1.165, 1.54) is 6.20 Å². The molecular formula is C17H26N8O. The lowest BCUT2D eigenvalue weighted by Gasteiger charge is -2.23. The quantitative estimate of drug-likeness (QED) is 0.451. The lowest BCUT2D eigenvalue weighted by atomic mass is 10.2. The van der Waals surface area contributed by atoms with Gasteiger partial charge in [0, 0.05) is 45.0 Å². The topological polar surface area (TPSA) is 132 Å². The molecule has 0 saturated carbocycles. The number of carbonyl (C=O) groups excluding carboxylic acids is 1. The van der Waals surface area contributed by atoms with Crippen molar-refractivity contribution in [3.05, 3.63) is 36.5 Å². The fourth-order valence-electron chi connectivity index (χ4n) is 2.55. The highest BCUT2D eigenvalue weighted by Crippen LogP contribution is 2.19. The summed E-state index contributed by atoms with van der Waals surface area (Å²) in [5.74, 6) is 0.362. The number of guanidine groups is 1. The molecule has 2 aromatic rings. The molecule has 0 spiro atoms. The molecule has 0 saturated heterocycles. The average Bonchev–Trinajstić information content (AvgIpc) is 2.92. The molecule has 0 aliphatic heterocycles. The Kier molecular flexibility index (Phi) is 6.18. The Morgan fingerprint density at radius 2 is 2.04 bits per heavy atom. The minimum Gasteiger partial charge on any atom is -0.370 e. The molecule has 26 heavy (non-hydrogen) atoms. The highest BCUT2D eigenvalue weighted by atomic mass is 16.1. The van der Waals surface area contributed by atoms with Crippen LogP contribution in [0.4, 0.5) is 5.95 Å². The first kappa shape index (κ1) is 19.3. The third-order valence-corrected chi connectivity index (χ3v) is 4.20. The number of aromatic nitrogens is 2. The second-order valence-corrected chi connectivity index (χ2v) is 6.08. The number of likely N-dealkylation sites (N-methyl/N-ethyl adjacent to an activating group) is 2. The summed E-state index contributed by atoms with van der Waals surface area (Å²) in [6.45, 7) is 6.53. The Labute approximate surface area is 152 Å². The van der Waals surface area contributed by atoms with Gasteiger partial charge < -0.3 is 31.6 Å². The van der Waals surface area contributed by atoms with Crippen molar-refractivity contribution in [1.29, 1.82) is 0 Å². The number of nitrogen functional groups attached to an aromatic ring is 1. The van der Waals surface area contributed by atoms with Crippen LogP contribution in [0.25, 0.3) is 11.0 Å². The number of imidazole rings is 1. The number of hydrogen-bond acceptors (Lipinski definition) is 5. The molecular weight excluding hydrogens is 332 g/mol. The number of amides is 1. The average molecular weight is 358 g/mol. The van der Waals surface area contributed by atoms with Gasteiger partial charge in [0.1, 0.15) is 0 Å². The van der Waals surface area contributed by atoms with Crippen LogP contribution in [0.2, 0.25) is 0 Å². The van der Waals surface area contributed by atoms with E-state index in [4.69, 9.17) is 17.2 Å². The lowest BCUT2D eigenvalue weighted by molar-refractivity contribution is 0.100. The van der Waals surface area contributed by atoms with E-state index in [1.807, 2.05) is 29.6 Å². The summed E-state index contributed by atoms with van der Waals surface area (Å²) >= 11 is 0. The second-order valence-electron chi connectivity index (χ2n) is 6.08. The number of aliphatic imine (C=N–C) groups is 1. The summed E-state index contributed by atoms with van der Waals surface area (Å²) in [6, 6.07) is 5.16. The Morgan fingerprint density at radius 3 is 2.69 bits per heavy atom. The summed E-state index contributed by atoms with van der Waals surface area (Å²) in [7, 11) is 3.91. The van der Waals surface area contributed by atoms with Gasteiger partial charge in [-0.15, -0.1) is 0 Å². The number of carbonyl (C=O) groups is 1. The van der Waals surface area contributed by atoms with Crippen LogP contribution in [0.1, 0.15) is 10.4 Å². The monoisotopic (exact) mass is 358 g/mol. The lowest BCUT2D eigenvalue weighted by Crippen LogP contribution is -2.39. The predicted octanol–water partition coefficient (Wildman–Crippen LogP) is 0.0392. The first-order valence-corrected chi connectivity index (χ1v) is 8.23. The smallest absolute Gasteiger partial charge is 0.248 e. The van der Waals surface area contributed by atoms with E-state index in [1.54, 1.807) is 12.1 Å². The molecule has 9 nitrogen and oxygen atoms in total. The van der Waals surface area contributed by atoms with E-state index in [0.29, 0.717) is 29.5 Å². The number of hydrogen-bond donors (Lipinski definition) is 3. The number of anilines is 1. The van der Waals surface area contributed by atoms with Crippen LogP contribution in [-0.4, -0.2) is 64.9 Å². The summed E-state index contributed by atoms with van der Waals surface area (Å²) in [6.07, 6.45) is 1.42. The van der Waals surface area contributed by atoms with Crippen molar-refractivity contribution in [2.24, 2.45) is 16.5 Å². The zero-order valence-corrected chi connectivity index (χ0v) is 15.2. The molecule has 0 aliphatic carbocycles. The Hall–Kier alpha value is -3.07. The highest BCUT2D eigenvalue weighted by molar-refractivity contribution is 5.96. The van der Waals surface area contributed by atoms with Crippen molar-refractivity contribution in [3.8, 4) is 0 Å². The van der Waals surface area contributed by atoms with Crippen LogP contribution < -0.4 is 17.2 Å². The van der Waals surface area contributed by atoms with Gasteiger partial charge in [0.15, 0.2) is 5.96 Å². The molecule has 9 heteroatoms. The molecule has 1 amide bonds. The number of benzene rings is 1. The maximum absolute atomic E-state index is 11.3. The van der Waals surface area contributed by atoms with Gasteiger partial charge in [-0.2, -0.15) is 0 Å². The molecule has 0 aliphatic rings. The standard InChI is InChI=1S/C17H26N8O/c1-4-21-16(19)24(3)9-7-23(2)8-10-25-14-6-5-12(15(18)26)11-13(14)22-17(25)20/h4-6,11H,1,7-10H2,2-3H3,(H2,18,26)(H2,19,21)(H2,20,22). The van der Waals surface area contributed by atoms with Crippen LogP contribution in [-0.2, 0) is 6.54 Å². The SMILES string of the molecule is C=CN=C(N)N(C)CCN(C)CCn1c(N)nc2cc(C(N)=O)ccc21. The van der Waals surface area contributed by atoms with E-state index >= 15 is 0 Å². The zero-order chi connectivity index (χ0) is 19.3. The molecule has 0 radical (unpaired) electrons. The summed E-state index contributed by atoms with van der Waals surface area (Å²) in [5.41, 5.74) is 19.1. The molecule has 0 atom stereocenters. The highest BCUT2D eigenvalue weighted by Gasteiger charge is 2.11. The number of rotatable bonds is 8. The second kappa shape index (κ2) is 8.34. The van der Waals surface area contributed by atoms with Gasteiger partial charge in [-0.05, 0) is 25.2 Å². The predicted molar refractivity (Wildman–Crippen MR) is 105 cm³/mol. The van der Waals surface area contributed by atoms with Gasteiger partial charge >= 0.3 is 0 Å². The summed E-state index contributed by atoms with van der Waals surface area (Å²) in [4.78, 5) is 23.6. The Morgan fingerprint density at radius 1 is 1.31 bits per heavy atom. The Balaban J connectivity index is 1.98. The van der Waals surface area contributed by atoms with Gasteiger partial charge in [0.25, 0.3) is 0 Å². The van der Waals surface area contributed by atoms with E-state index in [-0.39, 0.29) is 0 Å². The maximum atomic E-state index is 11.3. The van der Waals surface area contributed by atoms with Crippen LogP contribution in [0.3, 0.4) is 0 Å². The van der Waals surface area contributed by atoms with Gasteiger partial charge in [0.2, 0.25) is 11.9 Å². The molecule has 1 heterocycles. The van der Waals surface area contributed by atoms with Gasteiger partial charge in [0.05, 0.1) is 11.0 Å². The third-order valence-electron chi connectivity index (χ3n) is 4.20. The minimum atomic E-state index is -0.483. The van der Waals surface area contributed by atoms with E-state index in [0.717, 1.165) is 25.2 Å². The van der Waals surface area contributed by atoms with Crippen molar-refractivity contribution in [2.75, 3.05) is 39.5 Å². The van der Waals surface area contributed by atoms with Crippen molar-refractivity contribution >= 4 is 28.8 Å². The number of fused-ring (bicyclic) bond motifs is 1. The maximum Gasteiger partial charge on any atom is 0.248 e. The van der Waals surface area contributed by atoms with Gasteiger partial charge in [-0.25, -0.2) is 9.98 Å². The van der Waals surface area contributed by atoms with E-state index in [9.17, 15) is 4.79 Å². The molecule has 0 fully saturated rings. The van der Waals surface area contributed by atoms with Crippen LogP contribution in [0.15, 0.2) is 36.0 Å². The molecule has 2 rings (SSSR count). The van der Waals surface area contributed by atoms with Gasteiger partial charge in [-0.3, -0.25) is 4.79 Å². The van der Waals surface area contributed by atoms with Crippen molar-refractivity contribution < 1.29 is 4.79 Å². The molecule has 1 aromatic heterocycles. The van der Waals surface area contributed by atoms with E-state index in [2.05, 4.69) is 21.5 Å². The first-order chi connectivity index (χ1) is 12.3. The molecule has 0 unspecified atom stereocenters. The molecule has 1 aromatic carbocycles. The van der Waals surface area contributed by atoms with Crippen molar-refractivity contribution in [1.82, 2.24) is 19.4 Å². The number of nitrogens with zero attached hydrogens (tertiary/aromatic N) is 5.